The monoisotopic (exact) mass is 394 g/mol. The predicted molar refractivity (Wildman–Crippen MR) is 116 cm³/mol. The van der Waals surface area contributed by atoms with Crippen molar-refractivity contribution in [3.8, 4) is 0 Å². The van der Waals surface area contributed by atoms with E-state index in [4.69, 9.17) is 0 Å². The van der Waals surface area contributed by atoms with Crippen molar-refractivity contribution < 1.29 is 9.18 Å². The molecular weight excluding hydrogens is 363 g/mol. The minimum atomic E-state index is -0.428. The van der Waals surface area contributed by atoms with Gasteiger partial charge in [-0.15, -0.1) is 0 Å². The van der Waals surface area contributed by atoms with Gasteiger partial charge in [-0.25, -0.2) is 4.39 Å². The highest BCUT2D eigenvalue weighted by atomic mass is 19.1. The fourth-order valence-corrected chi connectivity index (χ4v) is 5.05. The second-order valence-electron chi connectivity index (χ2n) is 8.74. The zero-order chi connectivity index (χ0) is 20.4. The minimum absolute atomic E-state index is 0.0178. The van der Waals surface area contributed by atoms with Crippen LogP contribution < -0.4 is 5.32 Å². The molecule has 3 nitrogen and oxygen atoms in total. The Morgan fingerprint density at radius 2 is 1.76 bits per heavy atom. The van der Waals surface area contributed by atoms with E-state index in [2.05, 4.69) is 36.5 Å². The molecule has 2 fully saturated rings. The maximum absolute atomic E-state index is 14.5. The Morgan fingerprint density at radius 1 is 1.03 bits per heavy atom. The maximum atomic E-state index is 14.5. The summed E-state index contributed by atoms with van der Waals surface area (Å²) in [7, 11) is 0. The van der Waals surface area contributed by atoms with E-state index in [1.54, 1.807) is 6.07 Å². The van der Waals surface area contributed by atoms with Crippen LogP contribution in [0.2, 0.25) is 0 Å². The van der Waals surface area contributed by atoms with E-state index in [9.17, 15) is 9.18 Å². The lowest BCUT2D eigenvalue weighted by molar-refractivity contribution is 0.0508. The molecular formula is C25H31FN2O. The summed E-state index contributed by atoms with van der Waals surface area (Å²) in [6.45, 7) is 4.68. The quantitative estimate of drug-likeness (QED) is 0.679. The van der Waals surface area contributed by atoms with Crippen LogP contribution in [0.25, 0.3) is 0 Å². The molecule has 1 aliphatic carbocycles. The Hall–Kier alpha value is -2.36. The SMILES string of the molecule is Cc1cccc(F)c1C(=O)N1CCCC(C)C1c1ccc(NC2CCCC2)cc1. The zero-order valence-corrected chi connectivity index (χ0v) is 17.5. The topological polar surface area (TPSA) is 32.3 Å². The number of piperidine rings is 1. The molecule has 1 N–H and O–H groups in total. The van der Waals surface area contributed by atoms with Crippen molar-refractivity contribution in [2.75, 3.05) is 11.9 Å². The van der Waals surface area contributed by atoms with Gasteiger partial charge in [0, 0.05) is 18.3 Å². The van der Waals surface area contributed by atoms with E-state index in [1.165, 1.54) is 31.7 Å². The van der Waals surface area contributed by atoms with Gasteiger partial charge in [0.05, 0.1) is 11.6 Å². The molecule has 0 bridgehead atoms. The molecule has 1 saturated heterocycles. The summed E-state index contributed by atoms with van der Waals surface area (Å²) in [5, 5.41) is 3.63. The molecule has 1 amide bonds. The van der Waals surface area contributed by atoms with E-state index in [-0.39, 0.29) is 17.5 Å². The summed E-state index contributed by atoms with van der Waals surface area (Å²) in [5.41, 5.74) is 3.19. The number of nitrogens with zero attached hydrogens (tertiary/aromatic N) is 1. The lowest BCUT2D eigenvalue weighted by Crippen LogP contribution is -2.42. The van der Waals surface area contributed by atoms with E-state index < -0.39 is 5.82 Å². The average Bonchev–Trinajstić information content (AvgIpc) is 3.21. The molecule has 1 saturated carbocycles. The minimum Gasteiger partial charge on any atom is -0.382 e. The second-order valence-corrected chi connectivity index (χ2v) is 8.74. The molecule has 154 valence electrons. The summed E-state index contributed by atoms with van der Waals surface area (Å²) in [4.78, 5) is 15.2. The molecule has 2 unspecified atom stereocenters. The van der Waals surface area contributed by atoms with Crippen molar-refractivity contribution in [3.63, 3.8) is 0 Å². The molecule has 2 aromatic carbocycles. The number of likely N-dealkylation sites (tertiary alicyclic amines) is 1. The summed E-state index contributed by atoms with van der Waals surface area (Å²) >= 11 is 0. The Labute approximate surface area is 173 Å². The van der Waals surface area contributed by atoms with Crippen LogP contribution in [-0.4, -0.2) is 23.4 Å². The van der Waals surface area contributed by atoms with E-state index >= 15 is 0 Å². The Balaban J connectivity index is 1.58. The van der Waals surface area contributed by atoms with Crippen LogP contribution in [0.4, 0.5) is 10.1 Å². The molecule has 0 radical (unpaired) electrons. The molecule has 1 aliphatic heterocycles. The second kappa shape index (κ2) is 8.56. The largest absolute Gasteiger partial charge is 0.382 e. The van der Waals surface area contributed by atoms with Gasteiger partial charge in [-0.3, -0.25) is 4.79 Å². The van der Waals surface area contributed by atoms with Gasteiger partial charge in [-0.05, 0) is 67.9 Å². The van der Waals surface area contributed by atoms with Crippen LogP contribution in [-0.2, 0) is 0 Å². The molecule has 4 rings (SSSR count). The molecule has 2 atom stereocenters. The average molecular weight is 395 g/mol. The predicted octanol–water partition coefficient (Wildman–Crippen LogP) is 6.10. The highest BCUT2D eigenvalue weighted by Gasteiger charge is 2.35. The number of aryl methyl sites for hydroxylation is 1. The number of benzene rings is 2. The van der Waals surface area contributed by atoms with Crippen LogP contribution >= 0.6 is 0 Å². The summed E-state index contributed by atoms with van der Waals surface area (Å²) in [6, 6.07) is 13.9. The van der Waals surface area contributed by atoms with Gasteiger partial charge in [0.25, 0.3) is 5.91 Å². The van der Waals surface area contributed by atoms with Crippen molar-refractivity contribution in [3.05, 3.63) is 65.0 Å². The lowest BCUT2D eigenvalue weighted by Gasteiger charge is -2.40. The van der Waals surface area contributed by atoms with Gasteiger partial charge in [0.1, 0.15) is 5.82 Å². The number of hydrogen-bond acceptors (Lipinski definition) is 2. The van der Waals surface area contributed by atoms with Gasteiger partial charge in [0.15, 0.2) is 0 Å². The Kier molecular flexibility index (Phi) is 5.89. The molecule has 4 heteroatoms. The molecule has 0 aromatic heterocycles. The first-order chi connectivity index (χ1) is 14.0. The first-order valence-electron chi connectivity index (χ1n) is 11.0. The van der Waals surface area contributed by atoms with Crippen LogP contribution in [0.5, 0.6) is 0 Å². The molecule has 2 aliphatic rings. The van der Waals surface area contributed by atoms with Gasteiger partial charge in [-0.1, -0.05) is 44.0 Å². The van der Waals surface area contributed by atoms with Gasteiger partial charge < -0.3 is 10.2 Å². The van der Waals surface area contributed by atoms with Crippen molar-refractivity contribution in [1.82, 2.24) is 4.90 Å². The summed E-state index contributed by atoms with van der Waals surface area (Å²) < 4.78 is 14.5. The first-order valence-corrected chi connectivity index (χ1v) is 11.0. The smallest absolute Gasteiger partial charge is 0.257 e. The van der Waals surface area contributed by atoms with Crippen LogP contribution in [0.15, 0.2) is 42.5 Å². The number of rotatable bonds is 4. The maximum Gasteiger partial charge on any atom is 0.257 e. The zero-order valence-electron chi connectivity index (χ0n) is 17.5. The van der Waals surface area contributed by atoms with E-state index in [1.807, 2.05) is 17.9 Å². The van der Waals surface area contributed by atoms with Gasteiger partial charge in [0.2, 0.25) is 0 Å². The standard InChI is InChI=1S/C25H31FN2O/c1-17-7-5-11-22(26)23(17)25(29)28-16-6-8-18(2)24(28)19-12-14-21(15-13-19)27-20-9-3-4-10-20/h5,7,11-15,18,20,24,27H,3-4,6,8-10,16H2,1-2H3. The van der Waals surface area contributed by atoms with Gasteiger partial charge in [-0.2, -0.15) is 0 Å². The fraction of sp³-hybridized carbons (Fsp3) is 0.480. The van der Waals surface area contributed by atoms with Crippen LogP contribution in [0.1, 0.15) is 73.0 Å². The van der Waals surface area contributed by atoms with Crippen LogP contribution in [0, 0.1) is 18.7 Å². The number of carbonyl (C=O) groups excluding carboxylic acids is 1. The van der Waals surface area contributed by atoms with E-state index in [0.717, 1.165) is 24.1 Å². The summed E-state index contributed by atoms with van der Waals surface area (Å²) in [5.74, 6) is -0.276. The molecule has 0 spiro atoms. The highest BCUT2D eigenvalue weighted by Crippen LogP contribution is 2.38. The highest BCUT2D eigenvalue weighted by molar-refractivity contribution is 5.96. The summed E-state index contributed by atoms with van der Waals surface area (Å²) in [6.07, 6.45) is 7.13. The number of anilines is 1. The number of carbonyl (C=O) groups is 1. The van der Waals surface area contributed by atoms with Crippen molar-refractivity contribution in [1.29, 1.82) is 0 Å². The fourth-order valence-electron chi connectivity index (χ4n) is 5.05. The van der Waals surface area contributed by atoms with Crippen LogP contribution in [0.3, 0.4) is 0 Å². The molecule has 2 aromatic rings. The number of nitrogens with one attached hydrogen (secondary N) is 1. The first kappa shape index (κ1) is 19.9. The Morgan fingerprint density at radius 3 is 2.45 bits per heavy atom. The third-order valence-electron chi connectivity index (χ3n) is 6.61. The Bertz CT molecular complexity index is 837. The normalized spacial score (nSPS) is 22.7. The van der Waals surface area contributed by atoms with Crippen molar-refractivity contribution >= 4 is 11.6 Å². The van der Waals surface area contributed by atoms with E-state index in [0.29, 0.717) is 24.1 Å². The molecule has 1 heterocycles. The number of halogens is 1. The number of amides is 1. The third kappa shape index (κ3) is 4.17. The lowest BCUT2D eigenvalue weighted by atomic mass is 9.85. The number of hydrogen-bond donors (Lipinski definition) is 1. The van der Waals surface area contributed by atoms with Gasteiger partial charge >= 0.3 is 0 Å². The van der Waals surface area contributed by atoms with Crippen molar-refractivity contribution in [2.24, 2.45) is 5.92 Å². The van der Waals surface area contributed by atoms with Crippen molar-refractivity contribution in [2.45, 2.75) is 64.5 Å². The molecule has 29 heavy (non-hydrogen) atoms. The third-order valence-corrected chi connectivity index (χ3v) is 6.61.